The fourth-order valence-corrected chi connectivity index (χ4v) is 5.99. The van der Waals surface area contributed by atoms with Gasteiger partial charge in [-0.25, -0.2) is 0 Å². The molecular weight excluding hydrogens is 542 g/mol. The van der Waals surface area contributed by atoms with Crippen LogP contribution in [0.25, 0.3) is 16.8 Å². The van der Waals surface area contributed by atoms with Gasteiger partial charge in [0.1, 0.15) is 0 Å². The van der Waals surface area contributed by atoms with Crippen molar-refractivity contribution in [2.75, 3.05) is 13.1 Å². The average molecular weight is 606 g/mol. The number of piperidine rings is 1. The Bertz CT molecular complexity index is 1360. The molecule has 0 spiro atoms. The maximum atomic E-state index is 5.73. The molecule has 2 aromatic carbocycles. The summed E-state index contributed by atoms with van der Waals surface area (Å²) in [5.74, 6) is 3.77. The molecule has 0 unspecified atom stereocenters. The lowest BCUT2D eigenvalue weighted by molar-refractivity contribution is 0.326. The first kappa shape index (κ1) is 39.5. The van der Waals surface area contributed by atoms with Crippen LogP contribution in [-0.2, 0) is 0 Å². The second-order valence-electron chi connectivity index (χ2n) is 12.3. The van der Waals surface area contributed by atoms with E-state index in [2.05, 4.69) is 121 Å². The summed E-state index contributed by atoms with van der Waals surface area (Å²) < 4.78 is 0. The Kier molecular flexibility index (Phi) is 18.7. The number of rotatable bonds is 11. The molecule has 45 heavy (non-hydrogen) atoms. The quantitative estimate of drug-likeness (QED) is 0.182. The van der Waals surface area contributed by atoms with Crippen LogP contribution < -0.4 is 0 Å². The van der Waals surface area contributed by atoms with Crippen LogP contribution >= 0.6 is 0 Å². The summed E-state index contributed by atoms with van der Waals surface area (Å²) >= 11 is 0. The molecule has 2 aromatic rings. The lowest BCUT2D eigenvalue weighted by Gasteiger charge is -2.30. The van der Waals surface area contributed by atoms with Gasteiger partial charge in [-0.3, -0.25) is 0 Å². The highest BCUT2D eigenvalue weighted by atomic mass is 15.1. The first-order valence-electron chi connectivity index (χ1n) is 17.4. The standard InChI is InChI=1S/C34H39N.C8H18.C2H6/c1-9-14-34(32-16-15-24(3)30(10-2)23-32)28(7)25(4)21-26(5)33-18-17-31(22-27(33)6)29(8)35-19-12-11-13-20-35;1-4-6-8(3)7-5-2;1-2/h2,9,14-18,21-23H,1,8,11-13,19-20H2,3-7H3;8H,4-7H2,1-3H3;1-2H3/b26-21+,28-25+,34-14+;;. The van der Waals surface area contributed by atoms with E-state index in [-0.39, 0.29) is 0 Å². The molecule has 1 aliphatic heterocycles. The van der Waals surface area contributed by atoms with Gasteiger partial charge >= 0.3 is 0 Å². The third-order valence-corrected chi connectivity index (χ3v) is 8.70. The number of allylic oxidation sites excluding steroid dienone is 7. The van der Waals surface area contributed by atoms with Crippen LogP contribution in [-0.4, -0.2) is 18.0 Å². The molecule has 0 N–H and O–H groups in total. The summed E-state index contributed by atoms with van der Waals surface area (Å²) in [6, 6.07) is 13.1. The van der Waals surface area contributed by atoms with E-state index >= 15 is 0 Å². The van der Waals surface area contributed by atoms with E-state index in [1.807, 2.05) is 26.8 Å². The number of aryl methyl sites for hydroxylation is 2. The van der Waals surface area contributed by atoms with Crippen LogP contribution in [0, 0.1) is 32.1 Å². The smallest absolute Gasteiger partial charge is 0.0366 e. The molecule has 0 aliphatic carbocycles. The van der Waals surface area contributed by atoms with Crippen molar-refractivity contribution in [3.05, 3.63) is 112 Å². The molecule has 0 amide bonds. The van der Waals surface area contributed by atoms with Gasteiger partial charge in [0, 0.05) is 24.4 Å². The molecule has 1 aliphatic rings. The predicted octanol–water partition coefficient (Wildman–Crippen LogP) is 13.0. The van der Waals surface area contributed by atoms with E-state index in [0.29, 0.717) is 0 Å². The van der Waals surface area contributed by atoms with Crippen molar-refractivity contribution in [1.82, 2.24) is 4.90 Å². The monoisotopic (exact) mass is 605 g/mol. The van der Waals surface area contributed by atoms with Crippen LogP contribution in [0.4, 0.5) is 0 Å². The number of hydrogen-bond donors (Lipinski definition) is 0. The maximum Gasteiger partial charge on any atom is 0.0366 e. The molecule has 3 rings (SSSR count). The Hall–Kier alpha value is -3.50. The first-order valence-corrected chi connectivity index (χ1v) is 17.4. The Morgan fingerprint density at radius 2 is 1.51 bits per heavy atom. The highest BCUT2D eigenvalue weighted by molar-refractivity contribution is 5.83. The van der Waals surface area contributed by atoms with Crippen LogP contribution in [0.5, 0.6) is 0 Å². The lowest BCUT2D eigenvalue weighted by atomic mass is 9.91. The summed E-state index contributed by atoms with van der Waals surface area (Å²) in [6.45, 7) is 32.2. The van der Waals surface area contributed by atoms with Gasteiger partial charge in [0.25, 0.3) is 0 Å². The van der Waals surface area contributed by atoms with Gasteiger partial charge in [0.15, 0.2) is 0 Å². The molecule has 0 saturated carbocycles. The largest absolute Gasteiger partial charge is 0.372 e. The van der Waals surface area contributed by atoms with Crippen LogP contribution in [0.15, 0.2) is 78.9 Å². The lowest BCUT2D eigenvalue weighted by Crippen LogP contribution is -2.27. The second-order valence-corrected chi connectivity index (χ2v) is 12.3. The normalized spacial score (nSPS) is 14.0. The Balaban J connectivity index is 0.000000880. The van der Waals surface area contributed by atoms with Gasteiger partial charge in [-0.1, -0.05) is 122 Å². The van der Waals surface area contributed by atoms with Gasteiger partial charge in [0.05, 0.1) is 0 Å². The number of terminal acetylenes is 1. The maximum absolute atomic E-state index is 5.73. The zero-order valence-corrected chi connectivity index (χ0v) is 30.6. The first-order chi connectivity index (χ1) is 21.6. The average Bonchev–Trinajstić information content (AvgIpc) is 3.05. The van der Waals surface area contributed by atoms with E-state index in [4.69, 9.17) is 6.42 Å². The summed E-state index contributed by atoms with van der Waals surface area (Å²) in [7, 11) is 0. The number of likely N-dealkylation sites (tertiary alicyclic amines) is 1. The van der Waals surface area contributed by atoms with Crippen LogP contribution in [0.1, 0.15) is 134 Å². The molecular formula is C44H63N. The van der Waals surface area contributed by atoms with Crippen molar-refractivity contribution in [2.45, 2.75) is 114 Å². The summed E-state index contributed by atoms with van der Waals surface area (Å²) in [5, 5.41) is 0. The molecule has 0 aromatic heterocycles. The van der Waals surface area contributed by atoms with Crippen molar-refractivity contribution < 1.29 is 0 Å². The molecule has 244 valence electrons. The molecule has 1 saturated heterocycles. The van der Waals surface area contributed by atoms with Crippen molar-refractivity contribution in [3.63, 3.8) is 0 Å². The third-order valence-electron chi connectivity index (χ3n) is 8.70. The molecule has 0 bridgehead atoms. The van der Waals surface area contributed by atoms with E-state index in [9.17, 15) is 0 Å². The number of nitrogens with zero attached hydrogens (tertiary/aromatic N) is 1. The minimum Gasteiger partial charge on any atom is -0.372 e. The van der Waals surface area contributed by atoms with E-state index in [1.165, 1.54) is 78.4 Å². The number of hydrogen-bond acceptors (Lipinski definition) is 1. The van der Waals surface area contributed by atoms with Gasteiger partial charge < -0.3 is 4.90 Å². The molecule has 0 radical (unpaired) electrons. The summed E-state index contributed by atoms with van der Waals surface area (Å²) in [6.07, 6.45) is 21.3. The minimum atomic E-state index is 0.927. The molecule has 0 atom stereocenters. The summed E-state index contributed by atoms with van der Waals surface area (Å²) in [5.41, 5.74) is 12.9. The van der Waals surface area contributed by atoms with Gasteiger partial charge in [-0.05, 0) is 122 Å². The molecule has 1 nitrogen and oxygen atoms in total. The van der Waals surface area contributed by atoms with Crippen LogP contribution in [0.2, 0.25) is 0 Å². The molecule has 1 fully saturated rings. The van der Waals surface area contributed by atoms with Gasteiger partial charge in [-0.15, -0.1) is 6.42 Å². The zero-order chi connectivity index (χ0) is 33.9. The third kappa shape index (κ3) is 12.4. The van der Waals surface area contributed by atoms with E-state index < -0.39 is 0 Å². The molecule has 1 heteroatoms. The summed E-state index contributed by atoms with van der Waals surface area (Å²) in [4.78, 5) is 2.43. The van der Waals surface area contributed by atoms with Crippen molar-refractivity contribution in [2.24, 2.45) is 5.92 Å². The Labute approximate surface area is 278 Å². The van der Waals surface area contributed by atoms with Crippen molar-refractivity contribution >= 4 is 16.8 Å². The second kappa shape index (κ2) is 21.3. The zero-order valence-electron chi connectivity index (χ0n) is 30.6. The fourth-order valence-electron chi connectivity index (χ4n) is 5.99. The van der Waals surface area contributed by atoms with E-state index in [1.54, 1.807) is 0 Å². The van der Waals surface area contributed by atoms with E-state index in [0.717, 1.165) is 47.0 Å². The highest BCUT2D eigenvalue weighted by Gasteiger charge is 2.14. The predicted molar refractivity (Wildman–Crippen MR) is 205 cm³/mol. The SMILES string of the molecule is C#Cc1cc(C(=C/C=C)/C(C)=C(C)/C=C(\C)c2ccc(C(=C)N3CCCCC3)cc2C)ccc1C.CC.CCCC(C)CCC. The number of benzene rings is 2. The van der Waals surface area contributed by atoms with Gasteiger partial charge in [-0.2, -0.15) is 0 Å². The fraction of sp³-hybridized carbons (Fsp3) is 0.455. The Morgan fingerprint density at radius 3 is 2.04 bits per heavy atom. The van der Waals surface area contributed by atoms with Crippen molar-refractivity contribution in [3.8, 4) is 12.3 Å². The minimum absolute atomic E-state index is 0.927. The highest BCUT2D eigenvalue weighted by Crippen LogP contribution is 2.31. The van der Waals surface area contributed by atoms with Gasteiger partial charge in [0.2, 0.25) is 0 Å². The topological polar surface area (TPSA) is 3.24 Å². The van der Waals surface area contributed by atoms with Crippen molar-refractivity contribution in [1.29, 1.82) is 0 Å². The molecule has 1 heterocycles. The Morgan fingerprint density at radius 1 is 0.911 bits per heavy atom. The van der Waals surface area contributed by atoms with Crippen LogP contribution in [0.3, 0.4) is 0 Å².